The van der Waals surface area contributed by atoms with Crippen LogP contribution in [0.1, 0.15) is 19.8 Å². The van der Waals surface area contributed by atoms with Gasteiger partial charge in [0.25, 0.3) is 0 Å². The van der Waals surface area contributed by atoms with Gasteiger partial charge in [-0.05, 0) is 6.42 Å². The second-order valence-corrected chi connectivity index (χ2v) is 2.12. The molecule has 0 aromatic heterocycles. The summed E-state index contributed by atoms with van der Waals surface area (Å²) in [5.41, 5.74) is 0.348. The van der Waals surface area contributed by atoms with Gasteiger partial charge in [-0.1, -0.05) is 13.5 Å². The standard InChI is InChI=1S/C9H12O2/c1-4-6-8(3)9(10)11-7-5-2/h1H,3,5-7H2,2H3. The van der Waals surface area contributed by atoms with Gasteiger partial charge in [-0.15, -0.1) is 12.3 Å². The molecule has 0 N–H and O–H groups in total. The summed E-state index contributed by atoms with van der Waals surface area (Å²) in [7, 11) is 0. The van der Waals surface area contributed by atoms with Crippen LogP contribution < -0.4 is 0 Å². The molecule has 0 fully saturated rings. The van der Waals surface area contributed by atoms with Crippen molar-refractivity contribution in [1.82, 2.24) is 0 Å². The van der Waals surface area contributed by atoms with Crippen LogP contribution in [0.25, 0.3) is 0 Å². The first-order chi connectivity index (χ1) is 5.22. The fourth-order valence-corrected chi connectivity index (χ4v) is 0.492. The fourth-order valence-electron chi connectivity index (χ4n) is 0.492. The molecule has 0 bridgehead atoms. The molecule has 0 amide bonds. The van der Waals surface area contributed by atoms with Gasteiger partial charge in [-0.2, -0.15) is 0 Å². The summed E-state index contributed by atoms with van der Waals surface area (Å²) in [6.07, 6.45) is 6.06. The van der Waals surface area contributed by atoms with Crippen molar-refractivity contribution in [2.45, 2.75) is 19.8 Å². The van der Waals surface area contributed by atoms with E-state index < -0.39 is 0 Å². The zero-order valence-corrected chi connectivity index (χ0v) is 6.72. The van der Waals surface area contributed by atoms with Gasteiger partial charge in [0, 0.05) is 12.0 Å². The third-order valence-corrected chi connectivity index (χ3v) is 1.04. The van der Waals surface area contributed by atoms with E-state index in [9.17, 15) is 4.79 Å². The Kier molecular flexibility index (Phi) is 4.93. The number of rotatable bonds is 4. The highest BCUT2D eigenvalue weighted by Crippen LogP contribution is 1.99. The molecule has 0 aliphatic rings. The van der Waals surface area contributed by atoms with Crippen molar-refractivity contribution in [3.8, 4) is 12.3 Å². The van der Waals surface area contributed by atoms with Crippen molar-refractivity contribution in [3.63, 3.8) is 0 Å². The number of esters is 1. The minimum absolute atomic E-state index is 0.266. The molecule has 0 atom stereocenters. The topological polar surface area (TPSA) is 26.3 Å². The highest BCUT2D eigenvalue weighted by Gasteiger charge is 2.04. The van der Waals surface area contributed by atoms with Crippen LogP contribution in [0.15, 0.2) is 12.2 Å². The van der Waals surface area contributed by atoms with Crippen molar-refractivity contribution < 1.29 is 9.53 Å². The number of terminal acetylenes is 1. The molecule has 0 aliphatic heterocycles. The van der Waals surface area contributed by atoms with Crippen LogP contribution >= 0.6 is 0 Å². The number of hydrogen-bond donors (Lipinski definition) is 0. The van der Waals surface area contributed by atoms with E-state index in [0.717, 1.165) is 6.42 Å². The second kappa shape index (κ2) is 5.55. The first-order valence-corrected chi connectivity index (χ1v) is 3.50. The van der Waals surface area contributed by atoms with Crippen molar-refractivity contribution in [2.75, 3.05) is 6.61 Å². The predicted octanol–water partition coefficient (Wildman–Crippen LogP) is 1.52. The van der Waals surface area contributed by atoms with E-state index in [1.165, 1.54) is 0 Å². The summed E-state index contributed by atoms with van der Waals surface area (Å²) in [5.74, 6) is 1.94. The minimum Gasteiger partial charge on any atom is -0.462 e. The zero-order chi connectivity index (χ0) is 8.69. The van der Waals surface area contributed by atoms with Gasteiger partial charge in [-0.3, -0.25) is 0 Å². The Morgan fingerprint density at radius 1 is 1.73 bits per heavy atom. The van der Waals surface area contributed by atoms with Gasteiger partial charge < -0.3 is 4.74 Å². The monoisotopic (exact) mass is 152 g/mol. The summed E-state index contributed by atoms with van der Waals surface area (Å²) in [5, 5.41) is 0. The van der Waals surface area contributed by atoms with Crippen LogP contribution in [0.5, 0.6) is 0 Å². The van der Waals surface area contributed by atoms with Crippen LogP contribution in [0.3, 0.4) is 0 Å². The van der Waals surface area contributed by atoms with Crippen molar-refractivity contribution in [3.05, 3.63) is 12.2 Å². The average molecular weight is 152 g/mol. The lowest BCUT2D eigenvalue weighted by atomic mass is 10.2. The highest BCUT2D eigenvalue weighted by molar-refractivity contribution is 5.88. The molecule has 60 valence electrons. The Bertz CT molecular complexity index is 186. The molecule has 0 aromatic rings. The maximum Gasteiger partial charge on any atom is 0.334 e. The molecule has 0 spiro atoms. The Hall–Kier alpha value is -1.23. The van der Waals surface area contributed by atoms with E-state index in [4.69, 9.17) is 11.2 Å². The first-order valence-electron chi connectivity index (χ1n) is 3.50. The maximum atomic E-state index is 10.9. The molecule has 0 radical (unpaired) electrons. The highest BCUT2D eigenvalue weighted by atomic mass is 16.5. The summed E-state index contributed by atoms with van der Waals surface area (Å²) in [6.45, 7) is 5.84. The molecule has 2 nitrogen and oxygen atoms in total. The van der Waals surface area contributed by atoms with E-state index in [1.54, 1.807) is 0 Å². The van der Waals surface area contributed by atoms with Gasteiger partial charge in [0.15, 0.2) is 0 Å². The molecule has 0 unspecified atom stereocenters. The van der Waals surface area contributed by atoms with Gasteiger partial charge in [0.1, 0.15) is 0 Å². The number of carbonyl (C=O) groups excluding carboxylic acids is 1. The molecule has 0 aromatic carbocycles. The third kappa shape index (κ3) is 4.21. The molecule has 0 rings (SSSR count). The third-order valence-electron chi connectivity index (χ3n) is 1.04. The number of hydrogen-bond acceptors (Lipinski definition) is 2. The summed E-state index contributed by atoms with van der Waals surface area (Å²) in [6, 6.07) is 0. The summed E-state index contributed by atoms with van der Waals surface area (Å²) < 4.78 is 4.77. The Morgan fingerprint density at radius 2 is 2.36 bits per heavy atom. The van der Waals surface area contributed by atoms with Crippen LogP contribution in [0, 0.1) is 12.3 Å². The molecule has 2 heteroatoms. The lowest BCUT2D eigenvalue weighted by molar-refractivity contribution is -0.139. The van der Waals surface area contributed by atoms with E-state index in [1.807, 2.05) is 6.92 Å². The van der Waals surface area contributed by atoms with Gasteiger partial charge in [-0.25, -0.2) is 4.79 Å². The second-order valence-electron chi connectivity index (χ2n) is 2.12. The summed E-state index contributed by atoms with van der Waals surface area (Å²) in [4.78, 5) is 10.9. The Morgan fingerprint density at radius 3 is 2.82 bits per heavy atom. The minimum atomic E-state index is -0.384. The fraction of sp³-hybridized carbons (Fsp3) is 0.444. The lowest BCUT2D eigenvalue weighted by Gasteiger charge is -2.01. The van der Waals surface area contributed by atoms with Crippen molar-refractivity contribution in [1.29, 1.82) is 0 Å². The average Bonchev–Trinajstić information content (AvgIpc) is 2.00. The zero-order valence-electron chi connectivity index (χ0n) is 6.72. The van der Waals surface area contributed by atoms with Crippen LogP contribution in [-0.4, -0.2) is 12.6 Å². The van der Waals surface area contributed by atoms with Crippen LogP contribution in [0.4, 0.5) is 0 Å². The first kappa shape index (κ1) is 9.77. The molecular weight excluding hydrogens is 140 g/mol. The number of ether oxygens (including phenoxy) is 1. The van der Waals surface area contributed by atoms with Gasteiger partial charge in [0.05, 0.1) is 6.61 Å². The van der Waals surface area contributed by atoms with Crippen molar-refractivity contribution >= 4 is 5.97 Å². The maximum absolute atomic E-state index is 10.9. The molecule has 0 aliphatic carbocycles. The smallest absolute Gasteiger partial charge is 0.334 e. The van der Waals surface area contributed by atoms with E-state index >= 15 is 0 Å². The molecular formula is C9H12O2. The molecule has 0 saturated carbocycles. The van der Waals surface area contributed by atoms with Crippen LogP contribution in [-0.2, 0) is 9.53 Å². The largest absolute Gasteiger partial charge is 0.462 e. The number of carbonyl (C=O) groups is 1. The van der Waals surface area contributed by atoms with E-state index in [2.05, 4.69) is 12.5 Å². The molecule has 0 saturated heterocycles. The van der Waals surface area contributed by atoms with Gasteiger partial charge in [0.2, 0.25) is 0 Å². The summed E-state index contributed by atoms with van der Waals surface area (Å²) >= 11 is 0. The lowest BCUT2D eigenvalue weighted by Crippen LogP contribution is -2.07. The van der Waals surface area contributed by atoms with E-state index in [0.29, 0.717) is 12.2 Å². The van der Waals surface area contributed by atoms with E-state index in [-0.39, 0.29) is 12.4 Å². The normalized spacial score (nSPS) is 8.36. The van der Waals surface area contributed by atoms with Crippen LogP contribution in [0.2, 0.25) is 0 Å². The quantitative estimate of drug-likeness (QED) is 0.347. The predicted molar refractivity (Wildman–Crippen MR) is 43.8 cm³/mol. The van der Waals surface area contributed by atoms with Gasteiger partial charge >= 0.3 is 5.97 Å². The Labute approximate surface area is 67.2 Å². The molecule has 0 heterocycles. The SMILES string of the molecule is C#CCC(=C)C(=O)OCCC. The van der Waals surface area contributed by atoms with Crippen molar-refractivity contribution in [2.24, 2.45) is 0 Å². The molecule has 11 heavy (non-hydrogen) atoms. The Balaban J connectivity index is 3.67.